The van der Waals surface area contributed by atoms with Crippen molar-refractivity contribution in [3.8, 4) is 0 Å². The van der Waals surface area contributed by atoms with Gasteiger partial charge in [0.1, 0.15) is 11.9 Å². The quantitative estimate of drug-likeness (QED) is 0.486. The summed E-state index contributed by atoms with van der Waals surface area (Å²) >= 11 is 0. The molecule has 5 heteroatoms. The Hall–Kier alpha value is -0.750. The molecule has 1 saturated heterocycles. The Morgan fingerprint density at radius 1 is 1.11 bits per heavy atom. The lowest BCUT2D eigenvalue weighted by atomic mass is 9.36. The molecule has 0 bridgehead atoms. The average Bonchev–Trinajstić information content (AvgIpc) is 3.03. The molecule has 0 aromatic rings. The summed E-state index contributed by atoms with van der Waals surface area (Å²) in [6.45, 7) is 17.0. The number of aliphatic hydroxyl groups excluding tert-OH is 2. The van der Waals surface area contributed by atoms with Crippen LogP contribution in [0.1, 0.15) is 100 Å². The van der Waals surface area contributed by atoms with Crippen molar-refractivity contribution in [3.05, 3.63) is 11.1 Å². The fraction of sp³-hybridized carbons (Fsp3) is 0.900. The van der Waals surface area contributed by atoms with Crippen molar-refractivity contribution in [2.45, 2.75) is 130 Å². The van der Waals surface area contributed by atoms with Crippen LogP contribution >= 0.6 is 0 Å². The molecule has 0 radical (unpaired) electrons. The zero-order valence-electron chi connectivity index (χ0n) is 23.1. The monoisotopic (exact) mass is 488 g/mol. The van der Waals surface area contributed by atoms with Gasteiger partial charge in [-0.25, -0.2) is 0 Å². The molecular weight excluding hydrogens is 440 g/mol. The van der Waals surface area contributed by atoms with E-state index >= 15 is 0 Å². The average molecular weight is 489 g/mol. The molecule has 0 amide bonds. The molecule has 5 nitrogen and oxygen atoms in total. The fourth-order valence-electron chi connectivity index (χ4n) is 10.3. The van der Waals surface area contributed by atoms with Gasteiger partial charge in [0, 0.05) is 11.8 Å². The topological polar surface area (TPSA) is 87.0 Å². The Labute approximate surface area is 211 Å². The lowest BCUT2D eigenvalue weighted by Crippen LogP contribution is -2.65. The Balaban J connectivity index is 1.53. The van der Waals surface area contributed by atoms with Gasteiger partial charge in [0.25, 0.3) is 0 Å². The molecule has 0 aromatic carbocycles. The molecule has 198 valence electrons. The fourth-order valence-corrected chi connectivity index (χ4v) is 10.3. The van der Waals surface area contributed by atoms with Crippen molar-refractivity contribution >= 4 is 5.78 Å². The highest BCUT2D eigenvalue weighted by atomic mass is 16.5. The Morgan fingerprint density at radius 3 is 2.40 bits per heavy atom. The van der Waals surface area contributed by atoms with Gasteiger partial charge in [0.15, 0.2) is 0 Å². The van der Waals surface area contributed by atoms with Crippen LogP contribution in [0.25, 0.3) is 0 Å². The molecule has 4 aliphatic carbocycles. The van der Waals surface area contributed by atoms with E-state index in [4.69, 9.17) is 4.74 Å². The van der Waals surface area contributed by atoms with E-state index in [9.17, 15) is 20.1 Å². The molecule has 1 aliphatic heterocycles. The van der Waals surface area contributed by atoms with Crippen molar-refractivity contribution in [1.29, 1.82) is 0 Å². The summed E-state index contributed by atoms with van der Waals surface area (Å²) in [7, 11) is 0. The van der Waals surface area contributed by atoms with E-state index in [1.807, 2.05) is 0 Å². The number of rotatable bonds is 2. The van der Waals surface area contributed by atoms with E-state index in [0.29, 0.717) is 31.0 Å². The number of carbonyl (C=O) groups is 1. The van der Waals surface area contributed by atoms with E-state index in [2.05, 4.69) is 41.5 Å². The minimum absolute atomic E-state index is 0.0666. The van der Waals surface area contributed by atoms with Crippen LogP contribution in [-0.4, -0.2) is 51.1 Å². The summed E-state index contributed by atoms with van der Waals surface area (Å²) in [5, 5.41) is 33.1. The predicted molar refractivity (Wildman–Crippen MR) is 136 cm³/mol. The van der Waals surface area contributed by atoms with Gasteiger partial charge in [-0.05, 0) is 91.9 Å². The third-order valence-electron chi connectivity index (χ3n) is 12.2. The highest BCUT2D eigenvalue weighted by molar-refractivity contribution is 5.85. The van der Waals surface area contributed by atoms with Crippen molar-refractivity contribution in [3.63, 3.8) is 0 Å². The van der Waals surface area contributed by atoms with Crippen molar-refractivity contribution in [2.24, 2.45) is 39.4 Å². The van der Waals surface area contributed by atoms with E-state index in [1.165, 1.54) is 11.1 Å². The van der Waals surface area contributed by atoms with Gasteiger partial charge in [-0.15, -0.1) is 0 Å². The van der Waals surface area contributed by atoms with Crippen molar-refractivity contribution in [2.75, 3.05) is 0 Å². The van der Waals surface area contributed by atoms with Gasteiger partial charge < -0.3 is 20.1 Å². The normalized spacial score (nSPS) is 50.2. The Bertz CT molecular complexity index is 945. The van der Waals surface area contributed by atoms with Crippen LogP contribution in [0.4, 0.5) is 0 Å². The third-order valence-corrected chi connectivity index (χ3v) is 12.2. The summed E-state index contributed by atoms with van der Waals surface area (Å²) in [6.07, 6.45) is 3.95. The standard InChI is InChI=1S/C30H48O5/c1-16-13-19(25(33)27(4,5)34)35-20-15-30(8)17(23(16)20)14-18(31)24-28(6)11-10-22(32)26(2,3)21(28)9-12-29(24,30)7/h16,18-21,24-25,31,33-34H,9-15H2,1-8H3/t16-,18+,19+,20+,21?,24+,25-,28+,29+,30+/m1/s1. The zero-order chi connectivity index (χ0) is 25.9. The van der Waals surface area contributed by atoms with Crippen molar-refractivity contribution in [1.82, 2.24) is 0 Å². The van der Waals surface area contributed by atoms with Gasteiger partial charge >= 0.3 is 0 Å². The number of ketones is 1. The molecule has 4 fully saturated rings. The molecule has 1 unspecified atom stereocenters. The van der Waals surface area contributed by atoms with Gasteiger partial charge in [0.2, 0.25) is 0 Å². The second-order valence-corrected chi connectivity index (χ2v) is 14.8. The lowest BCUT2D eigenvalue weighted by Gasteiger charge is -2.68. The molecule has 0 aromatic heterocycles. The van der Waals surface area contributed by atoms with Crippen LogP contribution in [0.2, 0.25) is 0 Å². The molecule has 0 spiro atoms. The zero-order valence-corrected chi connectivity index (χ0v) is 23.1. The number of hydrogen-bond acceptors (Lipinski definition) is 5. The van der Waals surface area contributed by atoms with Crippen molar-refractivity contribution < 1.29 is 24.9 Å². The van der Waals surface area contributed by atoms with E-state index in [0.717, 1.165) is 25.7 Å². The van der Waals surface area contributed by atoms with E-state index in [1.54, 1.807) is 13.8 Å². The molecule has 5 aliphatic rings. The molecule has 3 saturated carbocycles. The summed E-state index contributed by atoms with van der Waals surface area (Å²) in [4.78, 5) is 12.9. The molecule has 1 heterocycles. The first kappa shape index (κ1) is 25.9. The SMILES string of the molecule is C[C@@H]1C[C@@H]([C@@H](O)C(C)(C)O)O[C@H]2C[C@@]3(C)C(=C12)C[C@H](O)[C@H]1[C@@]2(C)CCC(=O)C(C)(C)C2CC[C@@]13C. The first-order valence-electron chi connectivity index (χ1n) is 14.0. The predicted octanol–water partition coefficient (Wildman–Crippen LogP) is 4.81. The first-order valence-corrected chi connectivity index (χ1v) is 14.0. The van der Waals surface area contributed by atoms with Crippen LogP contribution in [0, 0.1) is 39.4 Å². The number of fused-ring (bicyclic) bond motifs is 6. The molecule has 3 N–H and O–H groups in total. The van der Waals surface area contributed by atoms with E-state index in [-0.39, 0.29) is 39.6 Å². The Morgan fingerprint density at radius 2 is 1.77 bits per heavy atom. The van der Waals surface area contributed by atoms with Gasteiger partial charge in [-0.2, -0.15) is 0 Å². The third kappa shape index (κ3) is 3.30. The first-order chi connectivity index (χ1) is 16.0. The number of Topliss-reactive ketones (excluding diaryl/α,β-unsaturated/α-hetero) is 1. The largest absolute Gasteiger partial charge is 0.392 e. The van der Waals surface area contributed by atoms with Crippen LogP contribution in [0.5, 0.6) is 0 Å². The molecule has 10 atom stereocenters. The maximum Gasteiger partial charge on any atom is 0.138 e. The maximum atomic E-state index is 12.9. The smallest absolute Gasteiger partial charge is 0.138 e. The second kappa shape index (κ2) is 7.65. The van der Waals surface area contributed by atoms with Gasteiger partial charge in [-0.1, -0.05) is 47.1 Å². The lowest BCUT2D eigenvalue weighted by molar-refractivity contribution is -0.212. The highest BCUT2D eigenvalue weighted by Crippen LogP contribution is 2.74. The number of aliphatic hydroxyl groups is 3. The summed E-state index contributed by atoms with van der Waals surface area (Å²) in [6, 6.07) is 0. The summed E-state index contributed by atoms with van der Waals surface area (Å²) in [5.74, 6) is 1.07. The van der Waals surface area contributed by atoms with Gasteiger partial charge in [0.05, 0.1) is 23.9 Å². The minimum Gasteiger partial charge on any atom is -0.392 e. The van der Waals surface area contributed by atoms with Crippen LogP contribution in [0.3, 0.4) is 0 Å². The number of carbonyl (C=O) groups excluding carboxylic acids is 1. The molecule has 5 rings (SSSR count). The Kier molecular flexibility index (Phi) is 5.65. The molecule has 35 heavy (non-hydrogen) atoms. The van der Waals surface area contributed by atoms with Crippen LogP contribution in [-0.2, 0) is 9.53 Å². The number of hydrogen-bond donors (Lipinski definition) is 3. The summed E-state index contributed by atoms with van der Waals surface area (Å²) < 4.78 is 6.57. The maximum absolute atomic E-state index is 12.9. The number of ether oxygens (including phenoxy) is 1. The minimum atomic E-state index is -1.21. The highest BCUT2D eigenvalue weighted by Gasteiger charge is 2.70. The molecular formula is C30H48O5. The van der Waals surface area contributed by atoms with Crippen LogP contribution < -0.4 is 0 Å². The van der Waals surface area contributed by atoms with E-state index < -0.39 is 23.9 Å². The second-order valence-electron chi connectivity index (χ2n) is 14.8. The summed E-state index contributed by atoms with van der Waals surface area (Å²) in [5.41, 5.74) is 0.954. The van der Waals surface area contributed by atoms with Crippen LogP contribution in [0.15, 0.2) is 11.1 Å². The van der Waals surface area contributed by atoms with Gasteiger partial charge in [-0.3, -0.25) is 4.79 Å².